The van der Waals surface area contributed by atoms with Gasteiger partial charge < -0.3 is 5.32 Å². The first-order valence-corrected chi connectivity index (χ1v) is 7.63. The highest BCUT2D eigenvalue weighted by atomic mass is 35.5. The summed E-state index contributed by atoms with van der Waals surface area (Å²) in [6, 6.07) is 0.133. The molecule has 0 atom stereocenters. The molecule has 8 heteroatoms. The van der Waals surface area contributed by atoms with Crippen molar-refractivity contribution in [2.45, 2.75) is 46.2 Å². The Morgan fingerprint density at radius 2 is 2.14 bits per heavy atom. The van der Waals surface area contributed by atoms with Crippen LogP contribution in [0.3, 0.4) is 0 Å². The summed E-state index contributed by atoms with van der Waals surface area (Å²) in [5, 5.41) is 11.2. The standard InChI is InChI=1S/C14H20ClN5O2/c1-8(2)7-20-12(15)11(9(3)19-20)6-16-18-14(22)13(21)17-10-4-5-10/h6,8,10H,4-5,7H2,1-3H3,(H,17,21)(H,18,22)/b16-6-. The minimum atomic E-state index is -0.786. The lowest BCUT2D eigenvalue weighted by Crippen LogP contribution is -2.38. The number of hydrazone groups is 1. The van der Waals surface area contributed by atoms with E-state index < -0.39 is 11.8 Å². The van der Waals surface area contributed by atoms with E-state index in [9.17, 15) is 9.59 Å². The summed E-state index contributed by atoms with van der Waals surface area (Å²) in [7, 11) is 0. The second-order valence-corrected chi connectivity index (χ2v) is 6.17. The number of carbonyl (C=O) groups excluding carboxylic acids is 2. The molecule has 0 aliphatic heterocycles. The van der Waals surface area contributed by atoms with Gasteiger partial charge in [-0.3, -0.25) is 14.3 Å². The molecule has 0 unspecified atom stereocenters. The minimum absolute atomic E-state index is 0.133. The average Bonchev–Trinajstić information content (AvgIpc) is 3.20. The third-order valence-corrected chi connectivity index (χ3v) is 3.52. The fourth-order valence-electron chi connectivity index (χ4n) is 1.87. The average molecular weight is 326 g/mol. The summed E-state index contributed by atoms with van der Waals surface area (Å²) in [6.07, 6.45) is 3.25. The van der Waals surface area contributed by atoms with Crippen molar-refractivity contribution >= 4 is 29.6 Å². The monoisotopic (exact) mass is 325 g/mol. The number of carbonyl (C=O) groups is 2. The zero-order valence-corrected chi connectivity index (χ0v) is 13.6. The van der Waals surface area contributed by atoms with Crippen molar-refractivity contribution in [2.75, 3.05) is 0 Å². The maximum Gasteiger partial charge on any atom is 0.329 e. The Bertz CT molecular complexity index is 605. The number of amides is 2. The molecule has 0 radical (unpaired) electrons. The van der Waals surface area contributed by atoms with E-state index in [4.69, 9.17) is 11.6 Å². The van der Waals surface area contributed by atoms with E-state index >= 15 is 0 Å². The van der Waals surface area contributed by atoms with Crippen molar-refractivity contribution in [3.63, 3.8) is 0 Å². The molecule has 1 aliphatic rings. The van der Waals surface area contributed by atoms with Crippen molar-refractivity contribution in [3.05, 3.63) is 16.4 Å². The van der Waals surface area contributed by atoms with Gasteiger partial charge in [-0.1, -0.05) is 25.4 Å². The molecule has 2 rings (SSSR count). The third-order valence-electron chi connectivity index (χ3n) is 3.13. The summed E-state index contributed by atoms with van der Waals surface area (Å²) >= 11 is 6.25. The number of hydrogen-bond acceptors (Lipinski definition) is 4. The van der Waals surface area contributed by atoms with Crippen LogP contribution in [0.25, 0.3) is 0 Å². The molecule has 1 heterocycles. The third kappa shape index (κ3) is 4.30. The van der Waals surface area contributed by atoms with Crippen molar-refractivity contribution in [2.24, 2.45) is 11.0 Å². The first-order chi connectivity index (χ1) is 10.4. The van der Waals surface area contributed by atoms with Gasteiger partial charge in [0.1, 0.15) is 5.15 Å². The van der Waals surface area contributed by atoms with Crippen LogP contribution < -0.4 is 10.7 Å². The van der Waals surface area contributed by atoms with E-state index in [0.29, 0.717) is 28.9 Å². The van der Waals surface area contributed by atoms with Crippen molar-refractivity contribution < 1.29 is 9.59 Å². The van der Waals surface area contributed by atoms with Crippen molar-refractivity contribution in [1.29, 1.82) is 0 Å². The molecule has 1 aromatic heterocycles. The lowest BCUT2D eigenvalue weighted by Gasteiger charge is -2.05. The Labute approximate surface area is 134 Å². The topological polar surface area (TPSA) is 88.4 Å². The Hall–Kier alpha value is -1.89. The molecule has 1 fully saturated rings. The highest BCUT2D eigenvalue weighted by Crippen LogP contribution is 2.19. The summed E-state index contributed by atoms with van der Waals surface area (Å²) in [6.45, 7) is 6.65. The highest BCUT2D eigenvalue weighted by molar-refractivity contribution is 6.35. The number of nitrogens with one attached hydrogen (secondary N) is 2. The Kier molecular flexibility index (Phi) is 5.18. The summed E-state index contributed by atoms with van der Waals surface area (Å²) in [4.78, 5) is 23.0. The quantitative estimate of drug-likeness (QED) is 0.485. The second-order valence-electron chi connectivity index (χ2n) is 5.81. The van der Waals surface area contributed by atoms with Crippen molar-refractivity contribution in [1.82, 2.24) is 20.5 Å². The molecule has 0 aromatic carbocycles. The smallest absolute Gasteiger partial charge is 0.329 e. The van der Waals surface area contributed by atoms with Gasteiger partial charge in [0, 0.05) is 12.6 Å². The molecular weight excluding hydrogens is 306 g/mol. The van der Waals surface area contributed by atoms with Crippen LogP contribution in [-0.4, -0.2) is 33.9 Å². The van der Waals surface area contributed by atoms with Crippen LogP contribution in [0.2, 0.25) is 5.15 Å². The lowest BCUT2D eigenvalue weighted by atomic mass is 10.2. The second kappa shape index (κ2) is 6.91. The molecule has 0 spiro atoms. The van der Waals surface area contributed by atoms with Gasteiger partial charge in [0.15, 0.2) is 0 Å². The SMILES string of the molecule is Cc1nn(CC(C)C)c(Cl)c1/C=N\NC(=O)C(=O)NC1CC1. The van der Waals surface area contributed by atoms with Gasteiger partial charge in [-0.2, -0.15) is 10.2 Å². The molecule has 120 valence electrons. The van der Waals surface area contributed by atoms with E-state index in [1.54, 1.807) is 4.68 Å². The first kappa shape index (κ1) is 16.5. The van der Waals surface area contributed by atoms with Crippen LogP contribution in [0.5, 0.6) is 0 Å². The van der Waals surface area contributed by atoms with Gasteiger partial charge in [-0.25, -0.2) is 5.43 Å². The zero-order valence-electron chi connectivity index (χ0n) is 12.9. The van der Waals surface area contributed by atoms with E-state index in [1.807, 2.05) is 6.92 Å². The first-order valence-electron chi connectivity index (χ1n) is 7.25. The minimum Gasteiger partial charge on any atom is -0.345 e. The zero-order chi connectivity index (χ0) is 16.3. The maximum absolute atomic E-state index is 11.5. The molecule has 0 bridgehead atoms. The normalized spacial score (nSPS) is 14.6. The summed E-state index contributed by atoms with van der Waals surface area (Å²) < 4.78 is 1.70. The molecule has 22 heavy (non-hydrogen) atoms. The predicted octanol–water partition coefficient (Wildman–Crippen LogP) is 1.23. The van der Waals surface area contributed by atoms with Crippen LogP contribution >= 0.6 is 11.6 Å². The Balaban J connectivity index is 1.96. The number of halogens is 1. The highest BCUT2D eigenvalue weighted by Gasteiger charge is 2.26. The number of nitrogens with zero attached hydrogens (tertiary/aromatic N) is 3. The van der Waals surface area contributed by atoms with Gasteiger partial charge in [-0.15, -0.1) is 0 Å². The maximum atomic E-state index is 11.5. The largest absolute Gasteiger partial charge is 0.345 e. The molecular formula is C14H20ClN5O2. The molecule has 1 aliphatic carbocycles. The molecule has 7 nitrogen and oxygen atoms in total. The van der Waals surface area contributed by atoms with Crippen LogP contribution in [-0.2, 0) is 16.1 Å². The Morgan fingerprint density at radius 1 is 1.45 bits per heavy atom. The van der Waals surface area contributed by atoms with E-state index in [0.717, 1.165) is 12.8 Å². The number of rotatable bonds is 5. The molecule has 1 aromatic rings. The van der Waals surface area contributed by atoms with Gasteiger partial charge in [0.05, 0.1) is 17.5 Å². The van der Waals surface area contributed by atoms with Gasteiger partial charge in [-0.05, 0) is 25.7 Å². The fraction of sp³-hybridized carbons (Fsp3) is 0.571. The predicted molar refractivity (Wildman–Crippen MR) is 83.7 cm³/mol. The molecule has 1 saturated carbocycles. The van der Waals surface area contributed by atoms with Gasteiger partial charge >= 0.3 is 11.8 Å². The number of hydrogen-bond donors (Lipinski definition) is 2. The van der Waals surface area contributed by atoms with Gasteiger partial charge in [0.2, 0.25) is 0 Å². The Morgan fingerprint density at radius 3 is 2.73 bits per heavy atom. The van der Waals surface area contributed by atoms with E-state index in [-0.39, 0.29) is 6.04 Å². The number of aryl methyl sites for hydroxylation is 1. The summed E-state index contributed by atoms with van der Waals surface area (Å²) in [5.41, 5.74) is 3.54. The van der Waals surface area contributed by atoms with Crippen LogP contribution in [0.4, 0.5) is 0 Å². The van der Waals surface area contributed by atoms with E-state index in [1.165, 1.54) is 6.21 Å². The van der Waals surface area contributed by atoms with Crippen LogP contribution in [0.1, 0.15) is 37.9 Å². The molecule has 0 saturated heterocycles. The summed E-state index contributed by atoms with van der Waals surface area (Å²) in [5.74, 6) is -1.04. The van der Waals surface area contributed by atoms with E-state index in [2.05, 4.69) is 34.8 Å². The molecule has 2 amide bonds. The lowest BCUT2D eigenvalue weighted by molar-refractivity contribution is -0.139. The molecule has 2 N–H and O–H groups in total. The van der Waals surface area contributed by atoms with Gasteiger partial charge in [0.25, 0.3) is 0 Å². The van der Waals surface area contributed by atoms with Crippen LogP contribution in [0.15, 0.2) is 5.10 Å². The van der Waals surface area contributed by atoms with Crippen molar-refractivity contribution in [3.8, 4) is 0 Å². The number of aromatic nitrogens is 2. The van der Waals surface area contributed by atoms with Crippen LogP contribution in [0, 0.1) is 12.8 Å². The fourth-order valence-corrected chi connectivity index (χ4v) is 2.16.